The highest BCUT2D eigenvalue weighted by Crippen LogP contribution is 2.23. The fraction of sp³-hybridized carbons (Fsp3) is 0.231. The Kier molecular flexibility index (Phi) is 6.00. The Hall–Kier alpha value is -1.75. The molecule has 0 N–H and O–H groups in total. The van der Waals surface area contributed by atoms with Crippen molar-refractivity contribution in [2.75, 3.05) is 19.5 Å². The maximum Gasteiger partial charge on any atom is 0.339 e. The maximum atomic E-state index is 11.7. The minimum Gasteiger partial charge on any atom is -0.468 e. The summed E-state index contributed by atoms with van der Waals surface area (Å²) in [7, 11) is 1.33. The molecule has 0 aromatic heterocycles. The van der Waals surface area contributed by atoms with Crippen molar-refractivity contribution < 1.29 is 19.1 Å². The summed E-state index contributed by atoms with van der Waals surface area (Å²) in [5, 5.41) is 0. The number of carbonyl (C=O) groups is 2. The molecule has 0 aliphatic carbocycles. The van der Waals surface area contributed by atoms with Gasteiger partial charge in [-0.25, -0.2) is 4.79 Å². The van der Waals surface area contributed by atoms with Crippen molar-refractivity contribution in [3.05, 3.63) is 42.5 Å². The lowest BCUT2D eigenvalue weighted by Crippen LogP contribution is -2.08. The van der Waals surface area contributed by atoms with E-state index < -0.39 is 5.97 Å². The van der Waals surface area contributed by atoms with Crippen LogP contribution in [0.15, 0.2) is 41.8 Å². The van der Waals surface area contributed by atoms with E-state index in [4.69, 9.17) is 4.74 Å². The van der Waals surface area contributed by atoms with Gasteiger partial charge in [-0.3, -0.25) is 4.79 Å². The summed E-state index contributed by atoms with van der Waals surface area (Å²) >= 11 is 1.24. The van der Waals surface area contributed by atoms with E-state index in [2.05, 4.69) is 11.3 Å². The van der Waals surface area contributed by atoms with Crippen LogP contribution < -0.4 is 0 Å². The van der Waals surface area contributed by atoms with Gasteiger partial charge in [0.1, 0.15) is 6.61 Å². The lowest BCUT2D eigenvalue weighted by atomic mass is 10.2. The van der Waals surface area contributed by atoms with Crippen LogP contribution in [0.4, 0.5) is 0 Å². The summed E-state index contributed by atoms with van der Waals surface area (Å²) in [6.07, 6.45) is 1.50. The van der Waals surface area contributed by atoms with E-state index in [9.17, 15) is 9.59 Å². The topological polar surface area (TPSA) is 52.6 Å². The average Bonchev–Trinajstić information content (AvgIpc) is 2.42. The molecule has 0 heterocycles. The summed E-state index contributed by atoms with van der Waals surface area (Å²) in [6, 6.07) is 6.96. The minimum absolute atomic E-state index is 0.155. The first-order chi connectivity index (χ1) is 8.69. The van der Waals surface area contributed by atoms with Gasteiger partial charge >= 0.3 is 11.9 Å². The molecule has 0 amide bonds. The standard InChI is InChI=1S/C13H14O4S/c1-3-8-17-13(15)10-6-4-5-7-11(10)18-9-12(14)16-2/h3-7H,1,8-9H2,2H3. The SMILES string of the molecule is C=CCOC(=O)c1ccccc1SCC(=O)OC. The Bertz CT molecular complexity index is 442. The number of carbonyl (C=O) groups excluding carboxylic acids is 2. The Balaban J connectivity index is 2.75. The molecule has 1 rings (SSSR count). The zero-order chi connectivity index (χ0) is 13.4. The molecular formula is C13H14O4S. The van der Waals surface area contributed by atoms with Crippen LogP contribution in [0, 0.1) is 0 Å². The van der Waals surface area contributed by atoms with Gasteiger partial charge in [-0.15, -0.1) is 11.8 Å². The predicted octanol–water partition coefficient (Wildman–Crippen LogP) is 2.29. The van der Waals surface area contributed by atoms with Gasteiger partial charge in [0.2, 0.25) is 0 Å². The fourth-order valence-corrected chi connectivity index (χ4v) is 2.04. The van der Waals surface area contributed by atoms with Crippen molar-refractivity contribution in [2.45, 2.75) is 4.90 Å². The molecule has 1 aromatic rings. The van der Waals surface area contributed by atoms with Crippen molar-refractivity contribution in [2.24, 2.45) is 0 Å². The van der Waals surface area contributed by atoms with Crippen molar-refractivity contribution in [3.8, 4) is 0 Å². The Morgan fingerprint density at radius 3 is 2.78 bits per heavy atom. The molecule has 0 saturated carbocycles. The molecule has 5 heteroatoms. The third-order valence-corrected chi connectivity index (χ3v) is 3.06. The highest BCUT2D eigenvalue weighted by molar-refractivity contribution is 8.00. The number of ether oxygens (including phenoxy) is 2. The summed E-state index contributed by atoms with van der Waals surface area (Å²) in [6.45, 7) is 3.64. The molecule has 18 heavy (non-hydrogen) atoms. The van der Waals surface area contributed by atoms with E-state index in [-0.39, 0.29) is 18.3 Å². The Morgan fingerprint density at radius 1 is 1.39 bits per heavy atom. The number of hydrogen-bond acceptors (Lipinski definition) is 5. The number of rotatable bonds is 6. The average molecular weight is 266 g/mol. The summed E-state index contributed by atoms with van der Waals surface area (Å²) < 4.78 is 9.51. The van der Waals surface area contributed by atoms with Crippen molar-refractivity contribution >= 4 is 23.7 Å². The highest BCUT2D eigenvalue weighted by atomic mass is 32.2. The minimum atomic E-state index is -0.428. The van der Waals surface area contributed by atoms with E-state index in [1.807, 2.05) is 0 Å². The molecule has 0 fully saturated rings. The third kappa shape index (κ3) is 4.25. The molecule has 96 valence electrons. The van der Waals surface area contributed by atoms with Crippen molar-refractivity contribution in [1.82, 2.24) is 0 Å². The smallest absolute Gasteiger partial charge is 0.339 e. The van der Waals surface area contributed by atoms with Crippen LogP contribution in [0.3, 0.4) is 0 Å². The van der Waals surface area contributed by atoms with Crippen LogP contribution in [0.2, 0.25) is 0 Å². The summed E-state index contributed by atoms with van der Waals surface area (Å²) in [4.78, 5) is 23.5. The van der Waals surface area contributed by atoms with Crippen LogP contribution in [0.5, 0.6) is 0 Å². The zero-order valence-corrected chi connectivity index (χ0v) is 10.9. The number of hydrogen-bond donors (Lipinski definition) is 0. The van der Waals surface area contributed by atoms with Gasteiger partial charge in [-0.05, 0) is 12.1 Å². The normalized spacial score (nSPS) is 9.61. The number of methoxy groups -OCH3 is 1. The predicted molar refractivity (Wildman–Crippen MR) is 69.7 cm³/mol. The van der Waals surface area contributed by atoms with Crippen LogP contribution >= 0.6 is 11.8 Å². The van der Waals surface area contributed by atoms with Gasteiger partial charge in [0.25, 0.3) is 0 Å². The van der Waals surface area contributed by atoms with E-state index in [0.29, 0.717) is 10.5 Å². The molecule has 0 aliphatic heterocycles. The monoisotopic (exact) mass is 266 g/mol. The third-order valence-electron chi connectivity index (χ3n) is 2.01. The molecule has 0 bridgehead atoms. The lowest BCUT2D eigenvalue weighted by Gasteiger charge is -2.07. The van der Waals surface area contributed by atoms with Crippen molar-refractivity contribution in [3.63, 3.8) is 0 Å². The van der Waals surface area contributed by atoms with Crippen LogP contribution in [-0.2, 0) is 14.3 Å². The number of benzene rings is 1. The second-order valence-corrected chi connectivity index (χ2v) is 4.27. The Labute approximate surface area is 110 Å². The summed E-state index contributed by atoms with van der Waals surface area (Å²) in [5.41, 5.74) is 0.438. The molecule has 0 unspecified atom stereocenters. The molecule has 0 aliphatic rings. The molecule has 4 nitrogen and oxygen atoms in total. The first-order valence-corrected chi connectivity index (χ1v) is 6.24. The van der Waals surface area contributed by atoms with Crippen LogP contribution in [-0.4, -0.2) is 31.4 Å². The molecule has 0 spiro atoms. The first kappa shape index (κ1) is 14.3. The van der Waals surface area contributed by atoms with E-state index >= 15 is 0 Å². The van der Waals surface area contributed by atoms with Crippen LogP contribution in [0.1, 0.15) is 10.4 Å². The molecule has 0 saturated heterocycles. The number of thioether (sulfide) groups is 1. The Morgan fingerprint density at radius 2 is 2.11 bits per heavy atom. The van der Waals surface area contributed by atoms with E-state index in [0.717, 1.165) is 0 Å². The fourth-order valence-electron chi connectivity index (χ4n) is 1.17. The highest BCUT2D eigenvalue weighted by Gasteiger charge is 2.13. The van der Waals surface area contributed by atoms with E-state index in [1.54, 1.807) is 24.3 Å². The summed E-state index contributed by atoms with van der Waals surface area (Å²) in [5.74, 6) is -0.612. The van der Waals surface area contributed by atoms with E-state index in [1.165, 1.54) is 24.9 Å². The first-order valence-electron chi connectivity index (χ1n) is 5.25. The van der Waals surface area contributed by atoms with Crippen molar-refractivity contribution in [1.29, 1.82) is 0 Å². The van der Waals surface area contributed by atoms with Crippen LogP contribution in [0.25, 0.3) is 0 Å². The second kappa shape index (κ2) is 7.55. The van der Waals surface area contributed by atoms with Gasteiger partial charge in [0.05, 0.1) is 18.4 Å². The second-order valence-electron chi connectivity index (χ2n) is 3.25. The zero-order valence-electron chi connectivity index (χ0n) is 10.0. The van der Waals surface area contributed by atoms with Gasteiger partial charge < -0.3 is 9.47 Å². The van der Waals surface area contributed by atoms with Gasteiger partial charge in [0.15, 0.2) is 0 Å². The molecule has 0 atom stereocenters. The maximum absolute atomic E-state index is 11.7. The van der Waals surface area contributed by atoms with Gasteiger partial charge in [0, 0.05) is 4.90 Å². The lowest BCUT2D eigenvalue weighted by molar-refractivity contribution is -0.137. The molecule has 0 radical (unpaired) electrons. The number of esters is 2. The molecular weight excluding hydrogens is 252 g/mol. The van der Waals surface area contributed by atoms with Gasteiger partial charge in [-0.1, -0.05) is 24.8 Å². The van der Waals surface area contributed by atoms with Gasteiger partial charge in [-0.2, -0.15) is 0 Å². The largest absolute Gasteiger partial charge is 0.468 e. The molecule has 1 aromatic carbocycles. The quantitative estimate of drug-likeness (QED) is 0.449.